The van der Waals surface area contributed by atoms with Crippen molar-refractivity contribution in [1.29, 1.82) is 0 Å². The molecule has 96 valence electrons. The van der Waals surface area contributed by atoms with Crippen molar-refractivity contribution in [3.05, 3.63) is 33.6 Å². The molecule has 18 heavy (non-hydrogen) atoms. The molecule has 1 aromatic rings. The van der Waals surface area contributed by atoms with Crippen molar-refractivity contribution in [2.24, 2.45) is 5.73 Å². The molecule has 1 unspecified atom stereocenters. The Morgan fingerprint density at radius 3 is 2.72 bits per heavy atom. The Labute approximate surface area is 102 Å². The molecule has 7 heteroatoms. The van der Waals surface area contributed by atoms with Crippen molar-refractivity contribution in [1.82, 2.24) is 0 Å². The molecule has 1 heterocycles. The number of nitrogens with zero attached hydrogens (tertiary/aromatic N) is 2. The number of nitrogens with two attached hydrogens (primary N) is 1. The third-order valence-corrected chi connectivity index (χ3v) is 2.97. The number of hydrogen-bond donors (Lipinski definition) is 1. The maximum Gasteiger partial charge on any atom is 0.293 e. The SMILES string of the molecule is Cc1c(F)ccc([N+](=O)[O-])c1N1CC(N)CC1=O. The van der Waals surface area contributed by atoms with Gasteiger partial charge in [-0.15, -0.1) is 0 Å². The van der Waals surface area contributed by atoms with Crippen LogP contribution in [-0.2, 0) is 4.79 Å². The number of carbonyl (C=O) groups is 1. The summed E-state index contributed by atoms with van der Waals surface area (Å²) < 4.78 is 13.5. The predicted molar refractivity (Wildman–Crippen MR) is 62.7 cm³/mol. The first-order valence-corrected chi connectivity index (χ1v) is 5.41. The van der Waals surface area contributed by atoms with Crippen LogP contribution in [0.3, 0.4) is 0 Å². The highest BCUT2D eigenvalue weighted by atomic mass is 19.1. The van der Waals surface area contributed by atoms with Crippen molar-refractivity contribution >= 4 is 17.3 Å². The molecule has 0 aliphatic carbocycles. The van der Waals surface area contributed by atoms with E-state index in [4.69, 9.17) is 5.73 Å². The second-order valence-electron chi connectivity index (χ2n) is 4.27. The Bertz CT molecular complexity index is 533. The Hall–Kier alpha value is -2.02. The number of nitro benzene ring substituents is 1. The van der Waals surface area contributed by atoms with Crippen molar-refractivity contribution in [3.8, 4) is 0 Å². The van der Waals surface area contributed by atoms with Gasteiger partial charge >= 0.3 is 0 Å². The minimum atomic E-state index is -0.626. The van der Waals surface area contributed by atoms with Gasteiger partial charge in [0.1, 0.15) is 11.5 Å². The zero-order valence-electron chi connectivity index (χ0n) is 9.72. The van der Waals surface area contributed by atoms with Crippen LogP contribution in [-0.4, -0.2) is 23.4 Å². The third-order valence-electron chi connectivity index (χ3n) is 2.97. The fraction of sp³-hybridized carbons (Fsp3) is 0.364. The zero-order chi connectivity index (χ0) is 13.4. The minimum Gasteiger partial charge on any atom is -0.326 e. The summed E-state index contributed by atoms with van der Waals surface area (Å²) in [5.41, 5.74) is 5.46. The average molecular weight is 253 g/mol. The van der Waals surface area contributed by atoms with Gasteiger partial charge in [0.25, 0.3) is 5.69 Å². The van der Waals surface area contributed by atoms with Gasteiger partial charge in [-0.05, 0) is 13.0 Å². The van der Waals surface area contributed by atoms with Gasteiger partial charge in [-0.2, -0.15) is 0 Å². The zero-order valence-corrected chi connectivity index (χ0v) is 9.72. The Morgan fingerprint density at radius 2 is 2.22 bits per heavy atom. The van der Waals surface area contributed by atoms with Gasteiger partial charge in [0.2, 0.25) is 5.91 Å². The Balaban J connectivity index is 2.58. The molecule has 1 aliphatic heterocycles. The average Bonchev–Trinajstić information content (AvgIpc) is 2.61. The van der Waals surface area contributed by atoms with E-state index in [1.165, 1.54) is 11.8 Å². The van der Waals surface area contributed by atoms with Crippen LogP contribution in [0.1, 0.15) is 12.0 Å². The summed E-state index contributed by atoms with van der Waals surface area (Å²) in [6.45, 7) is 1.58. The molecule has 0 bridgehead atoms. The van der Waals surface area contributed by atoms with E-state index in [0.717, 1.165) is 12.1 Å². The van der Waals surface area contributed by atoms with Gasteiger partial charge in [0, 0.05) is 30.6 Å². The molecule has 2 rings (SSSR count). The lowest BCUT2D eigenvalue weighted by Crippen LogP contribution is -2.29. The number of halogens is 1. The van der Waals surface area contributed by atoms with E-state index in [-0.39, 0.29) is 41.9 Å². The summed E-state index contributed by atoms with van der Waals surface area (Å²) in [5.74, 6) is -0.900. The highest BCUT2D eigenvalue weighted by molar-refractivity contribution is 5.99. The number of amides is 1. The van der Waals surface area contributed by atoms with E-state index in [1.54, 1.807) is 0 Å². The molecule has 1 aliphatic rings. The van der Waals surface area contributed by atoms with Gasteiger partial charge in [0.15, 0.2) is 0 Å². The molecule has 1 saturated heterocycles. The van der Waals surface area contributed by atoms with E-state index in [9.17, 15) is 19.3 Å². The van der Waals surface area contributed by atoms with E-state index < -0.39 is 10.7 Å². The lowest BCUT2D eigenvalue weighted by atomic mass is 10.1. The van der Waals surface area contributed by atoms with Crippen LogP contribution < -0.4 is 10.6 Å². The first kappa shape index (κ1) is 12.4. The van der Waals surface area contributed by atoms with Crippen LogP contribution in [0.5, 0.6) is 0 Å². The number of benzene rings is 1. The van der Waals surface area contributed by atoms with E-state index in [0.29, 0.717) is 0 Å². The lowest BCUT2D eigenvalue weighted by Gasteiger charge is -2.18. The highest BCUT2D eigenvalue weighted by Gasteiger charge is 2.34. The molecular weight excluding hydrogens is 241 g/mol. The van der Waals surface area contributed by atoms with E-state index in [1.807, 2.05) is 0 Å². The van der Waals surface area contributed by atoms with Gasteiger partial charge < -0.3 is 10.6 Å². The minimum absolute atomic E-state index is 0.0120. The van der Waals surface area contributed by atoms with Gasteiger partial charge in [-0.3, -0.25) is 14.9 Å². The molecule has 0 saturated carbocycles. The number of carbonyl (C=O) groups excluding carboxylic acids is 1. The van der Waals surface area contributed by atoms with Crippen molar-refractivity contribution in [3.63, 3.8) is 0 Å². The second kappa shape index (κ2) is 4.34. The maximum absolute atomic E-state index is 13.5. The molecule has 2 N–H and O–H groups in total. The van der Waals surface area contributed by atoms with Crippen molar-refractivity contribution in [2.75, 3.05) is 11.4 Å². The topological polar surface area (TPSA) is 89.5 Å². The van der Waals surface area contributed by atoms with Gasteiger partial charge in [-0.1, -0.05) is 0 Å². The fourth-order valence-electron chi connectivity index (χ4n) is 2.10. The van der Waals surface area contributed by atoms with Crippen molar-refractivity contribution in [2.45, 2.75) is 19.4 Å². The largest absolute Gasteiger partial charge is 0.326 e. The van der Waals surface area contributed by atoms with Gasteiger partial charge in [-0.25, -0.2) is 4.39 Å². The molecule has 0 spiro atoms. The van der Waals surface area contributed by atoms with Gasteiger partial charge in [0.05, 0.1) is 4.92 Å². The lowest BCUT2D eigenvalue weighted by molar-refractivity contribution is -0.384. The quantitative estimate of drug-likeness (QED) is 0.631. The van der Waals surface area contributed by atoms with E-state index >= 15 is 0 Å². The number of rotatable bonds is 2. The smallest absolute Gasteiger partial charge is 0.293 e. The fourth-order valence-corrected chi connectivity index (χ4v) is 2.10. The molecular formula is C11H12FN3O3. The summed E-state index contributed by atoms with van der Waals surface area (Å²) in [6.07, 6.45) is 0.118. The Morgan fingerprint density at radius 1 is 1.56 bits per heavy atom. The molecule has 6 nitrogen and oxygen atoms in total. The van der Waals surface area contributed by atoms with Crippen LogP contribution >= 0.6 is 0 Å². The van der Waals surface area contributed by atoms with Crippen LogP contribution in [0.25, 0.3) is 0 Å². The predicted octanol–water partition coefficient (Wildman–Crippen LogP) is 1.11. The second-order valence-corrected chi connectivity index (χ2v) is 4.27. The standard InChI is InChI=1S/C11H12FN3O3/c1-6-8(12)2-3-9(15(17)18)11(6)14-5-7(13)4-10(14)16/h2-3,7H,4-5,13H2,1H3. The molecule has 1 fully saturated rings. The molecule has 1 aromatic carbocycles. The summed E-state index contributed by atoms with van der Waals surface area (Å²) in [6, 6.07) is 1.71. The van der Waals surface area contributed by atoms with Crippen LogP contribution in [0.2, 0.25) is 0 Å². The molecule has 1 amide bonds. The normalized spacial score (nSPS) is 19.4. The summed E-state index contributed by atoms with van der Waals surface area (Å²) in [4.78, 5) is 23.2. The maximum atomic E-state index is 13.5. The van der Waals surface area contributed by atoms with Crippen LogP contribution in [0.15, 0.2) is 12.1 Å². The first-order chi connectivity index (χ1) is 8.41. The van der Waals surface area contributed by atoms with E-state index in [2.05, 4.69) is 0 Å². The summed E-state index contributed by atoms with van der Waals surface area (Å²) in [7, 11) is 0. The molecule has 1 atom stereocenters. The third kappa shape index (κ3) is 1.92. The highest BCUT2D eigenvalue weighted by Crippen LogP contribution is 2.35. The first-order valence-electron chi connectivity index (χ1n) is 5.41. The van der Waals surface area contributed by atoms with Crippen LogP contribution in [0, 0.1) is 22.9 Å². The van der Waals surface area contributed by atoms with Crippen LogP contribution in [0.4, 0.5) is 15.8 Å². The monoisotopic (exact) mass is 253 g/mol. The molecule has 0 aromatic heterocycles. The summed E-state index contributed by atoms with van der Waals surface area (Å²) >= 11 is 0. The number of hydrogen-bond acceptors (Lipinski definition) is 4. The molecule has 0 radical (unpaired) electrons. The number of anilines is 1. The Kier molecular flexibility index (Phi) is 3.00. The summed E-state index contributed by atoms with van der Waals surface area (Å²) in [5, 5.41) is 10.9. The number of nitro groups is 1. The van der Waals surface area contributed by atoms with Crippen molar-refractivity contribution < 1.29 is 14.1 Å².